The Morgan fingerprint density at radius 1 is 1.44 bits per heavy atom. The molecular weight excluding hydrogens is 268 g/mol. The maximum absolute atomic E-state index is 11.9. The first-order chi connectivity index (χ1) is 8.68. The minimum absolute atomic E-state index is 0.185. The molecule has 5 heteroatoms. The van der Waals surface area contributed by atoms with Gasteiger partial charge >= 0.3 is 0 Å². The minimum Gasteiger partial charge on any atom is -0.350 e. The molecule has 1 heterocycles. The zero-order valence-corrected chi connectivity index (χ0v) is 11.5. The SMILES string of the molecule is Cc1ncsc1CNC(=O)C(Cl)c1ccccc1. The summed E-state index contributed by atoms with van der Waals surface area (Å²) in [5.74, 6) is -0.185. The molecule has 0 aliphatic heterocycles. The third-order valence-electron chi connectivity index (χ3n) is 2.59. The number of benzene rings is 1. The molecule has 0 bridgehead atoms. The van der Waals surface area contributed by atoms with Gasteiger partial charge in [0, 0.05) is 4.88 Å². The van der Waals surface area contributed by atoms with Gasteiger partial charge in [-0.05, 0) is 12.5 Å². The van der Waals surface area contributed by atoms with Gasteiger partial charge in [-0.2, -0.15) is 0 Å². The first kappa shape index (κ1) is 13.1. The minimum atomic E-state index is -0.653. The molecule has 0 spiro atoms. The highest BCUT2D eigenvalue weighted by atomic mass is 35.5. The number of aromatic nitrogens is 1. The van der Waals surface area contributed by atoms with Gasteiger partial charge in [0.25, 0.3) is 0 Å². The average molecular weight is 281 g/mol. The number of amides is 1. The predicted molar refractivity (Wildman–Crippen MR) is 73.7 cm³/mol. The number of carbonyl (C=O) groups is 1. The molecule has 1 aromatic carbocycles. The summed E-state index contributed by atoms with van der Waals surface area (Å²) in [5, 5.41) is 2.17. The maximum Gasteiger partial charge on any atom is 0.242 e. The summed E-state index contributed by atoms with van der Waals surface area (Å²) in [5.41, 5.74) is 3.52. The van der Waals surface area contributed by atoms with Crippen LogP contribution in [0.3, 0.4) is 0 Å². The van der Waals surface area contributed by atoms with Crippen molar-refractivity contribution < 1.29 is 4.79 Å². The summed E-state index contributed by atoms with van der Waals surface area (Å²) in [4.78, 5) is 17.1. The summed E-state index contributed by atoms with van der Waals surface area (Å²) >= 11 is 7.64. The Morgan fingerprint density at radius 3 is 2.78 bits per heavy atom. The van der Waals surface area contributed by atoms with Crippen LogP contribution in [-0.4, -0.2) is 10.9 Å². The van der Waals surface area contributed by atoms with Gasteiger partial charge in [0.15, 0.2) is 0 Å². The lowest BCUT2D eigenvalue weighted by atomic mass is 10.1. The summed E-state index contributed by atoms with van der Waals surface area (Å²) < 4.78 is 0. The lowest BCUT2D eigenvalue weighted by Crippen LogP contribution is -2.26. The van der Waals surface area contributed by atoms with E-state index in [-0.39, 0.29) is 5.91 Å². The Morgan fingerprint density at radius 2 is 2.17 bits per heavy atom. The lowest BCUT2D eigenvalue weighted by molar-refractivity contribution is -0.121. The van der Waals surface area contributed by atoms with E-state index in [2.05, 4.69) is 10.3 Å². The number of carbonyl (C=O) groups excluding carboxylic acids is 1. The first-order valence-corrected chi connectivity index (χ1v) is 6.86. The monoisotopic (exact) mass is 280 g/mol. The fraction of sp³-hybridized carbons (Fsp3) is 0.231. The van der Waals surface area contributed by atoms with E-state index in [0.717, 1.165) is 16.1 Å². The van der Waals surface area contributed by atoms with Crippen molar-refractivity contribution in [3.8, 4) is 0 Å². The van der Waals surface area contributed by atoms with E-state index < -0.39 is 5.38 Å². The Bertz CT molecular complexity index is 527. The highest BCUT2D eigenvalue weighted by molar-refractivity contribution is 7.09. The normalized spacial score (nSPS) is 12.1. The Labute approximate surface area is 115 Å². The number of nitrogens with zero attached hydrogens (tertiary/aromatic N) is 1. The molecule has 2 aromatic rings. The number of hydrogen-bond donors (Lipinski definition) is 1. The van der Waals surface area contributed by atoms with Crippen LogP contribution in [0.25, 0.3) is 0 Å². The van der Waals surface area contributed by atoms with Crippen LogP contribution >= 0.6 is 22.9 Å². The van der Waals surface area contributed by atoms with Crippen LogP contribution in [0, 0.1) is 6.92 Å². The van der Waals surface area contributed by atoms with Gasteiger partial charge in [0.1, 0.15) is 5.38 Å². The van der Waals surface area contributed by atoms with E-state index in [1.807, 2.05) is 37.3 Å². The molecule has 1 aromatic heterocycles. The van der Waals surface area contributed by atoms with Gasteiger partial charge in [-0.3, -0.25) is 4.79 Å². The quantitative estimate of drug-likeness (QED) is 0.875. The molecule has 0 saturated heterocycles. The summed E-state index contributed by atoms with van der Waals surface area (Å²) in [6.45, 7) is 2.40. The highest BCUT2D eigenvalue weighted by Gasteiger charge is 2.17. The molecule has 1 amide bonds. The van der Waals surface area contributed by atoms with Gasteiger partial charge in [0.05, 0.1) is 17.7 Å². The third-order valence-corrected chi connectivity index (χ3v) is 3.98. The number of nitrogens with one attached hydrogen (secondary N) is 1. The fourth-order valence-electron chi connectivity index (χ4n) is 1.53. The van der Waals surface area contributed by atoms with Crippen LogP contribution in [0.2, 0.25) is 0 Å². The highest BCUT2D eigenvalue weighted by Crippen LogP contribution is 2.20. The molecule has 0 fully saturated rings. The largest absolute Gasteiger partial charge is 0.350 e. The second kappa shape index (κ2) is 5.98. The van der Waals surface area contributed by atoms with Crippen molar-refractivity contribution in [2.45, 2.75) is 18.8 Å². The van der Waals surface area contributed by atoms with E-state index in [9.17, 15) is 4.79 Å². The number of thiazole rings is 1. The number of aryl methyl sites for hydroxylation is 1. The predicted octanol–water partition coefficient (Wildman–Crippen LogP) is 3.05. The maximum atomic E-state index is 11.9. The summed E-state index contributed by atoms with van der Waals surface area (Å²) in [6, 6.07) is 9.31. The second-order valence-electron chi connectivity index (χ2n) is 3.85. The molecular formula is C13H13ClN2OS. The zero-order valence-electron chi connectivity index (χ0n) is 9.89. The molecule has 0 aliphatic carbocycles. The molecule has 2 rings (SSSR count). The fourth-order valence-corrected chi connectivity index (χ4v) is 2.47. The smallest absolute Gasteiger partial charge is 0.242 e. The number of halogens is 1. The lowest BCUT2D eigenvalue weighted by Gasteiger charge is -2.10. The van der Waals surface area contributed by atoms with Crippen molar-refractivity contribution in [1.29, 1.82) is 0 Å². The number of hydrogen-bond acceptors (Lipinski definition) is 3. The van der Waals surface area contributed by atoms with Crippen molar-refractivity contribution in [2.75, 3.05) is 0 Å². The molecule has 0 aliphatic rings. The van der Waals surface area contributed by atoms with Gasteiger partial charge in [-0.1, -0.05) is 30.3 Å². The molecule has 18 heavy (non-hydrogen) atoms. The molecule has 1 unspecified atom stereocenters. The number of alkyl halides is 1. The van der Waals surface area contributed by atoms with Crippen LogP contribution in [0.4, 0.5) is 0 Å². The van der Waals surface area contributed by atoms with Crippen molar-refractivity contribution in [2.24, 2.45) is 0 Å². The van der Waals surface area contributed by atoms with Crippen molar-refractivity contribution in [3.63, 3.8) is 0 Å². The Balaban J connectivity index is 1.95. The van der Waals surface area contributed by atoms with Crippen molar-refractivity contribution >= 4 is 28.8 Å². The van der Waals surface area contributed by atoms with Crippen LogP contribution < -0.4 is 5.32 Å². The Kier molecular flexibility index (Phi) is 4.33. The molecule has 1 atom stereocenters. The zero-order chi connectivity index (χ0) is 13.0. The van der Waals surface area contributed by atoms with E-state index in [1.54, 1.807) is 5.51 Å². The van der Waals surface area contributed by atoms with Gasteiger partial charge in [-0.15, -0.1) is 22.9 Å². The molecule has 94 valence electrons. The summed E-state index contributed by atoms with van der Waals surface area (Å²) in [7, 11) is 0. The first-order valence-electron chi connectivity index (χ1n) is 5.54. The van der Waals surface area contributed by atoms with Crippen LogP contribution in [0.1, 0.15) is 21.5 Å². The van der Waals surface area contributed by atoms with Crippen molar-refractivity contribution in [3.05, 3.63) is 52.0 Å². The molecule has 3 nitrogen and oxygen atoms in total. The van der Waals surface area contributed by atoms with Gasteiger partial charge in [0.2, 0.25) is 5.91 Å². The third kappa shape index (κ3) is 3.09. The van der Waals surface area contributed by atoms with Crippen LogP contribution in [-0.2, 0) is 11.3 Å². The van der Waals surface area contributed by atoms with E-state index in [1.165, 1.54) is 11.3 Å². The van der Waals surface area contributed by atoms with E-state index >= 15 is 0 Å². The molecule has 1 N–H and O–H groups in total. The molecule has 0 saturated carbocycles. The molecule has 0 radical (unpaired) electrons. The van der Waals surface area contributed by atoms with E-state index in [0.29, 0.717) is 6.54 Å². The van der Waals surface area contributed by atoms with Crippen LogP contribution in [0.15, 0.2) is 35.8 Å². The Hall–Kier alpha value is -1.39. The topological polar surface area (TPSA) is 42.0 Å². The second-order valence-corrected chi connectivity index (χ2v) is 5.23. The van der Waals surface area contributed by atoms with Gasteiger partial charge < -0.3 is 5.32 Å². The number of rotatable bonds is 4. The van der Waals surface area contributed by atoms with Crippen LogP contribution in [0.5, 0.6) is 0 Å². The van der Waals surface area contributed by atoms with E-state index in [4.69, 9.17) is 11.6 Å². The van der Waals surface area contributed by atoms with Gasteiger partial charge in [-0.25, -0.2) is 4.98 Å². The standard InChI is InChI=1S/C13H13ClN2OS/c1-9-11(18-8-16-9)7-15-13(17)12(14)10-5-3-2-4-6-10/h2-6,8,12H,7H2,1H3,(H,15,17). The summed E-state index contributed by atoms with van der Waals surface area (Å²) in [6.07, 6.45) is 0. The van der Waals surface area contributed by atoms with Crippen molar-refractivity contribution in [1.82, 2.24) is 10.3 Å². The average Bonchev–Trinajstić information content (AvgIpc) is 2.81.